The van der Waals surface area contributed by atoms with E-state index in [1.54, 1.807) is 6.20 Å². The first-order chi connectivity index (χ1) is 12.2. The van der Waals surface area contributed by atoms with Crippen LogP contribution in [0.15, 0.2) is 59.9 Å². The van der Waals surface area contributed by atoms with Crippen molar-refractivity contribution in [2.75, 3.05) is 13.1 Å². The van der Waals surface area contributed by atoms with E-state index >= 15 is 0 Å². The summed E-state index contributed by atoms with van der Waals surface area (Å²) in [6.07, 6.45) is 4.76. The van der Waals surface area contributed by atoms with E-state index < -0.39 is 5.60 Å². The van der Waals surface area contributed by atoms with Crippen molar-refractivity contribution in [1.82, 2.24) is 9.88 Å². The Morgan fingerprint density at radius 1 is 1.16 bits per heavy atom. The summed E-state index contributed by atoms with van der Waals surface area (Å²) in [7, 11) is 0. The van der Waals surface area contributed by atoms with Crippen LogP contribution in [-0.4, -0.2) is 40.2 Å². The number of oxime groups is 1. The molecular formula is C20H21N3O2. The van der Waals surface area contributed by atoms with Crippen molar-refractivity contribution >= 4 is 11.6 Å². The molecule has 5 heteroatoms. The number of hydrogen-bond donors (Lipinski definition) is 0. The van der Waals surface area contributed by atoms with Gasteiger partial charge in [-0.25, -0.2) is 0 Å². The second-order valence-electron chi connectivity index (χ2n) is 6.79. The summed E-state index contributed by atoms with van der Waals surface area (Å²) in [5.41, 5.74) is 2.38. The summed E-state index contributed by atoms with van der Waals surface area (Å²) < 4.78 is 0. The predicted molar refractivity (Wildman–Crippen MR) is 95.2 cm³/mol. The lowest BCUT2D eigenvalue weighted by Gasteiger charge is -2.38. The number of piperidine rings is 1. The van der Waals surface area contributed by atoms with Gasteiger partial charge in [0.15, 0.2) is 5.60 Å². The summed E-state index contributed by atoms with van der Waals surface area (Å²) in [5, 5.41) is 4.28. The molecule has 1 spiro atoms. The number of nitrogens with zero attached hydrogens (tertiary/aromatic N) is 3. The van der Waals surface area contributed by atoms with E-state index in [0.29, 0.717) is 19.4 Å². The van der Waals surface area contributed by atoms with Gasteiger partial charge in [0.05, 0.1) is 18.7 Å². The molecule has 4 rings (SSSR count). The average Bonchev–Trinajstić information content (AvgIpc) is 3.06. The lowest BCUT2D eigenvalue weighted by atomic mass is 9.87. The van der Waals surface area contributed by atoms with Crippen molar-refractivity contribution < 1.29 is 9.63 Å². The molecule has 0 bridgehead atoms. The molecule has 1 aromatic carbocycles. The number of amides is 1. The van der Waals surface area contributed by atoms with Crippen molar-refractivity contribution in [1.29, 1.82) is 0 Å². The monoisotopic (exact) mass is 335 g/mol. The summed E-state index contributed by atoms with van der Waals surface area (Å²) in [6, 6.07) is 15.7. The molecule has 2 aromatic rings. The zero-order valence-corrected chi connectivity index (χ0v) is 14.1. The van der Waals surface area contributed by atoms with Crippen LogP contribution >= 0.6 is 0 Å². The minimum absolute atomic E-state index is 0.153. The standard InChI is InChI=1S/C20H21N3O2/c24-19(13-16-7-2-1-3-8-16)23-12-6-10-20(15-23)14-18(22-25-20)17-9-4-5-11-21-17/h1-5,7-9,11H,6,10,12-15H2. The fraction of sp³-hybridized carbons (Fsp3) is 0.350. The van der Waals surface area contributed by atoms with Gasteiger partial charge in [0, 0.05) is 19.2 Å². The Hall–Kier alpha value is -2.69. The Balaban J connectivity index is 1.42. The lowest BCUT2D eigenvalue weighted by Crippen LogP contribution is -2.50. The predicted octanol–water partition coefficient (Wildman–Crippen LogP) is 2.81. The van der Waals surface area contributed by atoms with E-state index in [1.807, 2.05) is 53.4 Å². The summed E-state index contributed by atoms with van der Waals surface area (Å²) >= 11 is 0. The van der Waals surface area contributed by atoms with E-state index in [2.05, 4.69) is 10.1 Å². The number of likely N-dealkylation sites (tertiary alicyclic amines) is 1. The minimum Gasteiger partial charge on any atom is -0.387 e. The van der Waals surface area contributed by atoms with Crippen LogP contribution in [0.1, 0.15) is 30.5 Å². The van der Waals surface area contributed by atoms with Crippen LogP contribution in [0.2, 0.25) is 0 Å². The normalized spacial score (nSPS) is 22.6. The highest BCUT2D eigenvalue weighted by atomic mass is 16.7. The molecular weight excluding hydrogens is 314 g/mol. The van der Waals surface area contributed by atoms with Gasteiger partial charge in [-0.05, 0) is 30.5 Å². The van der Waals surface area contributed by atoms with Crippen LogP contribution in [0.4, 0.5) is 0 Å². The number of carbonyl (C=O) groups excluding carboxylic acids is 1. The fourth-order valence-corrected chi connectivity index (χ4v) is 3.60. The molecule has 1 amide bonds. The van der Waals surface area contributed by atoms with E-state index in [-0.39, 0.29) is 5.91 Å². The molecule has 5 nitrogen and oxygen atoms in total. The topological polar surface area (TPSA) is 54.8 Å². The molecule has 1 unspecified atom stereocenters. The van der Waals surface area contributed by atoms with Crippen LogP contribution in [-0.2, 0) is 16.1 Å². The maximum atomic E-state index is 12.7. The third-order valence-electron chi connectivity index (χ3n) is 4.89. The molecule has 1 fully saturated rings. The fourth-order valence-electron chi connectivity index (χ4n) is 3.60. The number of rotatable bonds is 3. The molecule has 0 N–H and O–H groups in total. The van der Waals surface area contributed by atoms with E-state index in [0.717, 1.165) is 36.4 Å². The largest absolute Gasteiger partial charge is 0.387 e. The number of pyridine rings is 1. The first-order valence-corrected chi connectivity index (χ1v) is 8.72. The van der Waals surface area contributed by atoms with E-state index in [1.165, 1.54) is 0 Å². The third-order valence-corrected chi connectivity index (χ3v) is 4.89. The molecule has 1 aromatic heterocycles. The Bertz CT molecular complexity index is 776. The lowest BCUT2D eigenvalue weighted by molar-refractivity contribution is -0.139. The molecule has 2 aliphatic rings. The summed E-state index contributed by atoms with van der Waals surface area (Å²) in [5.74, 6) is 0.153. The maximum Gasteiger partial charge on any atom is 0.227 e. The molecule has 128 valence electrons. The van der Waals surface area contributed by atoms with E-state index in [4.69, 9.17) is 4.84 Å². The zero-order chi connectivity index (χ0) is 17.1. The minimum atomic E-state index is -0.391. The molecule has 0 aliphatic carbocycles. The second kappa shape index (κ2) is 6.67. The van der Waals surface area contributed by atoms with Crippen LogP contribution in [0.3, 0.4) is 0 Å². The number of benzene rings is 1. The highest BCUT2D eigenvalue weighted by Gasteiger charge is 2.44. The van der Waals surface area contributed by atoms with Gasteiger partial charge in [0.2, 0.25) is 5.91 Å². The first kappa shape index (κ1) is 15.8. The van der Waals surface area contributed by atoms with Crippen LogP contribution in [0.25, 0.3) is 0 Å². The van der Waals surface area contributed by atoms with Crippen molar-refractivity contribution in [2.45, 2.75) is 31.3 Å². The number of aromatic nitrogens is 1. The SMILES string of the molecule is O=C(Cc1ccccc1)N1CCCC2(CC(c3ccccn3)=NO2)C1. The smallest absolute Gasteiger partial charge is 0.227 e. The Labute approximate surface area is 147 Å². The van der Waals surface area contributed by atoms with Gasteiger partial charge in [-0.3, -0.25) is 9.78 Å². The van der Waals surface area contributed by atoms with Crippen LogP contribution in [0, 0.1) is 0 Å². The van der Waals surface area contributed by atoms with Gasteiger partial charge in [0.25, 0.3) is 0 Å². The number of carbonyl (C=O) groups is 1. The molecule has 0 radical (unpaired) electrons. The molecule has 2 aliphatic heterocycles. The Morgan fingerprint density at radius 2 is 2.00 bits per heavy atom. The van der Waals surface area contributed by atoms with Crippen molar-refractivity contribution in [2.24, 2.45) is 5.16 Å². The highest BCUT2D eigenvalue weighted by molar-refractivity contribution is 6.00. The Kier molecular flexibility index (Phi) is 4.22. The van der Waals surface area contributed by atoms with Gasteiger partial charge in [0.1, 0.15) is 5.71 Å². The van der Waals surface area contributed by atoms with Gasteiger partial charge < -0.3 is 9.74 Å². The quantitative estimate of drug-likeness (QED) is 0.867. The van der Waals surface area contributed by atoms with Crippen LogP contribution < -0.4 is 0 Å². The summed E-state index contributed by atoms with van der Waals surface area (Å²) in [6.45, 7) is 1.38. The van der Waals surface area contributed by atoms with Crippen molar-refractivity contribution in [3.63, 3.8) is 0 Å². The van der Waals surface area contributed by atoms with Gasteiger partial charge in [-0.2, -0.15) is 0 Å². The van der Waals surface area contributed by atoms with Gasteiger partial charge in [-0.1, -0.05) is 41.6 Å². The third kappa shape index (κ3) is 3.40. The highest BCUT2D eigenvalue weighted by Crippen LogP contribution is 2.34. The Morgan fingerprint density at radius 3 is 2.80 bits per heavy atom. The summed E-state index contributed by atoms with van der Waals surface area (Å²) in [4.78, 5) is 24.8. The molecule has 3 heterocycles. The second-order valence-corrected chi connectivity index (χ2v) is 6.79. The molecule has 0 saturated carbocycles. The van der Waals surface area contributed by atoms with Gasteiger partial charge in [-0.15, -0.1) is 0 Å². The van der Waals surface area contributed by atoms with Crippen molar-refractivity contribution in [3.05, 3.63) is 66.0 Å². The average molecular weight is 335 g/mol. The maximum absolute atomic E-state index is 12.7. The number of hydrogen-bond acceptors (Lipinski definition) is 4. The zero-order valence-electron chi connectivity index (χ0n) is 14.1. The van der Waals surface area contributed by atoms with Crippen molar-refractivity contribution in [3.8, 4) is 0 Å². The van der Waals surface area contributed by atoms with E-state index in [9.17, 15) is 4.79 Å². The van der Waals surface area contributed by atoms with Crippen LogP contribution in [0.5, 0.6) is 0 Å². The van der Waals surface area contributed by atoms with Gasteiger partial charge >= 0.3 is 0 Å². The molecule has 1 saturated heterocycles. The molecule has 25 heavy (non-hydrogen) atoms. The molecule has 1 atom stereocenters. The first-order valence-electron chi connectivity index (χ1n) is 8.72.